The Morgan fingerprint density at radius 2 is 1.88 bits per heavy atom. The molecule has 1 amide bonds. The number of methoxy groups -OCH3 is 1. The van der Waals surface area contributed by atoms with Gasteiger partial charge in [0.05, 0.1) is 24.8 Å². The maximum Gasteiger partial charge on any atom is 0.490 e. The summed E-state index contributed by atoms with van der Waals surface area (Å²) in [6.45, 7) is 3.00. The molecule has 2 saturated heterocycles. The Morgan fingerprint density at radius 3 is 2.50 bits per heavy atom. The van der Waals surface area contributed by atoms with Gasteiger partial charge in [-0.3, -0.25) is 4.79 Å². The summed E-state index contributed by atoms with van der Waals surface area (Å²) in [6.07, 6.45) is -1.86. The van der Waals surface area contributed by atoms with Gasteiger partial charge >= 0.3 is 12.1 Å². The van der Waals surface area contributed by atoms with Crippen molar-refractivity contribution in [3.8, 4) is 0 Å². The molecule has 1 atom stereocenters. The van der Waals surface area contributed by atoms with Gasteiger partial charge in [-0.2, -0.15) is 13.2 Å². The van der Waals surface area contributed by atoms with E-state index in [0.29, 0.717) is 12.3 Å². The van der Waals surface area contributed by atoms with Crippen molar-refractivity contribution >= 4 is 22.8 Å². The summed E-state index contributed by atoms with van der Waals surface area (Å²) < 4.78 is 42.8. The van der Waals surface area contributed by atoms with E-state index in [4.69, 9.17) is 19.4 Å². The molecule has 0 bridgehead atoms. The number of pyridine rings is 1. The Hall–Kier alpha value is -2.72. The molecule has 0 saturated carbocycles. The zero-order valence-electron chi connectivity index (χ0n) is 17.6. The summed E-state index contributed by atoms with van der Waals surface area (Å²) in [5.41, 5.74) is 1.62. The van der Waals surface area contributed by atoms with Crippen LogP contribution in [-0.4, -0.2) is 72.6 Å². The number of piperidine rings is 1. The zero-order valence-corrected chi connectivity index (χ0v) is 17.6. The molecule has 2 aliphatic heterocycles. The molecule has 10 heteroatoms. The average Bonchev–Trinajstić information content (AvgIpc) is 3.15. The maximum absolute atomic E-state index is 12.8. The van der Waals surface area contributed by atoms with E-state index in [2.05, 4.69) is 4.98 Å². The van der Waals surface area contributed by atoms with Crippen LogP contribution in [0.4, 0.5) is 13.2 Å². The molecular formula is C22H25F3N2O5. The molecule has 7 nitrogen and oxygen atoms in total. The number of ether oxygens (including phenoxy) is 2. The molecule has 1 aromatic carbocycles. The number of para-hydroxylation sites is 1. The Balaban J connectivity index is 0.000000360. The summed E-state index contributed by atoms with van der Waals surface area (Å²) in [5.74, 6) is -2.72. The van der Waals surface area contributed by atoms with E-state index in [1.807, 2.05) is 41.3 Å². The van der Waals surface area contributed by atoms with E-state index >= 15 is 0 Å². The Bertz CT molecular complexity index is 958. The van der Waals surface area contributed by atoms with Crippen molar-refractivity contribution in [2.45, 2.75) is 31.5 Å². The second-order valence-corrected chi connectivity index (χ2v) is 8.08. The topological polar surface area (TPSA) is 89.0 Å². The number of likely N-dealkylation sites (tertiary alicyclic amines) is 1. The lowest BCUT2D eigenvalue weighted by Crippen LogP contribution is -2.43. The standard InChI is InChI=1S/C20H24N2O3.C2HF3O2/c1-24-13-16-12-20(14-25-16)8-10-22(11-9-20)19(23)18-7-6-15-4-2-3-5-17(15)21-18;3-2(4,5)1(6)7/h2-7,16H,8-14H2,1H3;(H,6,7). The number of carboxylic acid groups (broad SMARTS) is 1. The number of aliphatic carboxylic acids is 1. The summed E-state index contributed by atoms with van der Waals surface area (Å²) in [7, 11) is 1.71. The van der Waals surface area contributed by atoms with Gasteiger partial charge in [0.2, 0.25) is 0 Å². The van der Waals surface area contributed by atoms with Crippen molar-refractivity contribution in [3.63, 3.8) is 0 Å². The normalized spacial score (nSPS) is 20.1. The third kappa shape index (κ3) is 5.74. The average molecular weight is 454 g/mol. The van der Waals surface area contributed by atoms with Crippen LogP contribution in [-0.2, 0) is 14.3 Å². The number of hydrogen-bond acceptors (Lipinski definition) is 5. The lowest BCUT2D eigenvalue weighted by atomic mass is 9.76. The minimum Gasteiger partial charge on any atom is -0.475 e. The monoisotopic (exact) mass is 454 g/mol. The molecule has 2 fully saturated rings. The minimum atomic E-state index is -5.08. The number of rotatable bonds is 3. The number of carbonyl (C=O) groups excluding carboxylic acids is 1. The van der Waals surface area contributed by atoms with Crippen molar-refractivity contribution in [1.29, 1.82) is 0 Å². The number of nitrogens with zero attached hydrogens (tertiary/aromatic N) is 2. The van der Waals surface area contributed by atoms with Crippen LogP contribution >= 0.6 is 0 Å². The van der Waals surface area contributed by atoms with Gasteiger partial charge in [0.25, 0.3) is 5.91 Å². The van der Waals surface area contributed by atoms with Crippen LogP contribution in [0, 0.1) is 5.41 Å². The number of aromatic nitrogens is 1. The first kappa shape index (κ1) is 23.9. The molecule has 3 heterocycles. The summed E-state index contributed by atoms with van der Waals surface area (Å²) >= 11 is 0. The quantitative estimate of drug-likeness (QED) is 0.764. The zero-order chi connectivity index (χ0) is 23.4. The van der Waals surface area contributed by atoms with Gasteiger partial charge < -0.3 is 19.5 Å². The van der Waals surface area contributed by atoms with Gasteiger partial charge in [-0.25, -0.2) is 9.78 Å². The van der Waals surface area contributed by atoms with Crippen LogP contribution in [0.25, 0.3) is 10.9 Å². The lowest BCUT2D eigenvalue weighted by molar-refractivity contribution is -0.192. The van der Waals surface area contributed by atoms with Gasteiger partial charge in [-0.05, 0) is 36.8 Å². The fourth-order valence-corrected chi connectivity index (χ4v) is 4.07. The number of carbonyl (C=O) groups is 2. The molecule has 1 spiro atoms. The number of hydrogen-bond donors (Lipinski definition) is 1. The Kier molecular flexibility index (Phi) is 7.35. The molecule has 1 aromatic heterocycles. The SMILES string of the molecule is COCC1CC2(CCN(C(=O)c3ccc4ccccc4n3)CC2)CO1.O=C(O)C(F)(F)F. The van der Waals surface area contributed by atoms with Crippen molar-refractivity contribution in [1.82, 2.24) is 9.88 Å². The molecule has 174 valence electrons. The highest BCUT2D eigenvalue weighted by atomic mass is 19.4. The number of benzene rings is 1. The number of carboxylic acids is 1. The smallest absolute Gasteiger partial charge is 0.475 e. The van der Waals surface area contributed by atoms with Crippen LogP contribution in [0.2, 0.25) is 0 Å². The van der Waals surface area contributed by atoms with Crippen LogP contribution < -0.4 is 0 Å². The summed E-state index contributed by atoms with van der Waals surface area (Å²) in [4.78, 5) is 28.2. The maximum atomic E-state index is 12.8. The second-order valence-electron chi connectivity index (χ2n) is 8.08. The molecule has 1 unspecified atom stereocenters. The molecule has 4 rings (SSSR count). The highest BCUT2D eigenvalue weighted by Gasteiger charge is 2.43. The lowest BCUT2D eigenvalue weighted by Gasteiger charge is -2.38. The van der Waals surface area contributed by atoms with Crippen LogP contribution in [0.1, 0.15) is 29.8 Å². The third-order valence-electron chi connectivity index (χ3n) is 5.81. The van der Waals surface area contributed by atoms with Gasteiger partial charge in [0.15, 0.2) is 0 Å². The second kappa shape index (κ2) is 9.83. The molecule has 1 N–H and O–H groups in total. The first-order valence-electron chi connectivity index (χ1n) is 10.2. The molecule has 2 aromatic rings. The molecule has 2 aliphatic rings. The summed E-state index contributed by atoms with van der Waals surface area (Å²) in [5, 5.41) is 8.18. The molecule has 0 radical (unpaired) electrons. The molecular weight excluding hydrogens is 429 g/mol. The molecule has 32 heavy (non-hydrogen) atoms. The minimum absolute atomic E-state index is 0.0351. The predicted octanol–water partition coefficient (Wildman–Crippen LogP) is 3.53. The largest absolute Gasteiger partial charge is 0.490 e. The Morgan fingerprint density at radius 1 is 1.22 bits per heavy atom. The third-order valence-corrected chi connectivity index (χ3v) is 5.81. The van der Waals surface area contributed by atoms with E-state index in [1.165, 1.54) is 0 Å². The molecule has 0 aliphatic carbocycles. The van der Waals surface area contributed by atoms with Crippen LogP contribution in [0.15, 0.2) is 36.4 Å². The van der Waals surface area contributed by atoms with E-state index in [9.17, 15) is 18.0 Å². The van der Waals surface area contributed by atoms with Crippen molar-refractivity contribution in [3.05, 3.63) is 42.1 Å². The van der Waals surface area contributed by atoms with Crippen molar-refractivity contribution in [2.75, 3.05) is 33.4 Å². The van der Waals surface area contributed by atoms with Gasteiger partial charge in [0.1, 0.15) is 5.69 Å². The summed E-state index contributed by atoms with van der Waals surface area (Å²) in [6, 6.07) is 11.7. The fourth-order valence-electron chi connectivity index (χ4n) is 4.07. The van der Waals surface area contributed by atoms with E-state index in [1.54, 1.807) is 7.11 Å². The van der Waals surface area contributed by atoms with E-state index in [-0.39, 0.29) is 17.4 Å². The van der Waals surface area contributed by atoms with Crippen LogP contribution in [0.5, 0.6) is 0 Å². The number of alkyl halides is 3. The first-order valence-corrected chi connectivity index (χ1v) is 10.2. The van der Waals surface area contributed by atoms with E-state index in [0.717, 1.165) is 49.9 Å². The predicted molar refractivity (Wildman–Crippen MR) is 109 cm³/mol. The first-order chi connectivity index (χ1) is 15.1. The number of fused-ring (bicyclic) bond motifs is 1. The Labute approximate surface area is 183 Å². The van der Waals surface area contributed by atoms with Gasteiger partial charge in [0, 0.05) is 25.6 Å². The van der Waals surface area contributed by atoms with E-state index < -0.39 is 12.1 Å². The van der Waals surface area contributed by atoms with Gasteiger partial charge in [-0.1, -0.05) is 24.3 Å². The fraction of sp³-hybridized carbons (Fsp3) is 0.500. The highest BCUT2D eigenvalue weighted by molar-refractivity contribution is 5.95. The van der Waals surface area contributed by atoms with Crippen molar-refractivity contribution < 1.29 is 37.3 Å². The highest BCUT2D eigenvalue weighted by Crippen LogP contribution is 2.42. The van der Waals surface area contributed by atoms with Crippen molar-refractivity contribution in [2.24, 2.45) is 5.41 Å². The van der Waals surface area contributed by atoms with Crippen LogP contribution in [0.3, 0.4) is 0 Å². The number of amides is 1. The number of halogens is 3. The van der Waals surface area contributed by atoms with Gasteiger partial charge in [-0.15, -0.1) is 0 Å².